The molecule has 1 aromatic heterocycles. The molecule has 7 nitrogen and oxygen atoms in total. The Morgan fingerprint density at radius 2 is 1.85 bits per heavy atom. The van der Waals surface area contributed by atoms with E-state index in [0.29, 0.717) is 30.8 Å². The molecule has 0 aliphatic heterocycles. The molecule has 1 atom stereocenters. The van der Waals surface area contributed by atoms with Gasteiger partial charge in [-0.3, -0.25) is 9.59 Å². The average molecular weight is 375 g/mol. The van der Waals surface area contributed by atoms with Crippen LogP contribution in [0.25, 0.3) is 0 Å². The van der Waals surface area contributed by atoms with Crippen molar-refractivity contribution < 1.29 is 24.5 Å². The van der Waals surface area contributed by atoms with Gasteiger partial charge in [-0.05, 0) is 37.1 Å². The van der Waals surface area contributed by atoms with Crippen molar-refractivity contribution in [1.82, 2.24) is 4.57 Å². The first kappa shape index (κ1) is 20.5. The van der Waals surface area contributed by atoms with Crippen LogP contribution in [-0.2, 0) is 20.8 Å². The monoisotopic (exact) mass is 375 g/mol. The molecule has 0 saturated heterocycles. The van der Waals surface area contributed by atoms with Crippen molar-refractivity contribution in [2.24, 2.45) is 0 Å². The number of esters is 1. The highest BCUT2D eigenvalue weighted by molar-refractivity contribution is 5.71. The summed E-state index contributed by atoms with van der Waals surface area (Å²) in [5.74, 6) is -1.29. The minimum atomic E-state index is -0.695. The van der Waals surface area contributed by atoms with E-state index in [9.17, 15) is 19.8 Å². The fourth-order valence-electron chi connectivity index (χ4n) is 3.08. The molecule has 1 aromatic carbocycles. The summed E-state index contributed by atoms with van der Waals surface area (Å²) in [7, 11) is 2.86. The second-order valence-corrected chi connectivity index (χ2v) is 6.31. The van der Waals surface area contributed by atoms with Crippen LogP contribution in [0.1, 0.15) is 35.6 Å². The second-order valence-electron chi connectivity index (χ2n) is 6.31. The number of methoxy groups -OCH3 is 2. The zero-order valence-electron chi connectivity index (χ0n) is 15.8. The normalized spacial score (nSPS) is 12.0. The summed E-state index contributed by atoms with van der Waals surface area (Å²) < 4.78 is 11.4. The van der Waals surface area contributed by atoms with Crippen LogP contribution in [0.15, 0.2) is 35.1 Å². The maximum absolute atomic E-state index is 13.1. The highest BCUT2D eigenvalue weighted by Gasteiger charge is 2.26. The van der Waals surface area contributed by atoms with Crippen LogP contribution in [0.3, 0.4) is 0 Å². The molecule has 0 saturated carbocycles. The Morgan fingerprint density at radius 1 is 1.19 bits per heavy atom. The van der Waals surface area contributed by atoms with Crippen molar-refractivity contribution in [3.8, 4) is 11.5 Å². The molecule has 0 radical (unpaired) electrons. The molecule has 1 heterocycles. The number of rotatable bonds is 8. The molecule has 27 heavy (non-hydrogen) atoms. The molecule has 7 heteroatoms. The number of nitrogens with zero attached hydrogens (tertiary/aromatic N) is 1. The van der Waals surface area contributed by atoms with E-state index < -0.39 is 11.9 Å². The molecule has 146 valence electrons. The molecule has 2 aromatic rings. The summed E-state index contributed by atoms with van der Waals surface area (Å²) in [5.41, 5.74) is 1.03. The smallest absolute Gasteiger partial charge is 0.306 e. The number of phenolic OH excluding ortho intramolecular Hbond substituents is 1. The van der Waals surface area contributed by atoms with Gasteiger partial charge < -0.3 is 24.3 Å². The summed E-state index contributed by atoms with van der Waals surface area (Å²) in [6.07, 6.45) is 0.535. The van der Waals surface area contributed by atoms with Crippen LogP contribution >= 0.6 is 0 Å². The summed E-state index contributed by atoms with van der Waals surface area (Å²) >= 11 is 0. The number of hydrogen-bond acceptors (Lipinski definition) is 6. The number of aryl methyl sites for hydroxylation is 1. The van der Waals surface area contributed by atoms with Crippen LogP contribution in [0.2, 0.25) is 0 Å². The van der Waals surface area contributed by atoms with E-state index in [4.69, 9.17) is 9.47 Å². The minimum absolute atomic E-state index is 0.0701. The van der Waals surface area contributed by atoms with Gasteiger partial charge in [-0.15, -0.1) is 0 Å². The molecule has 2 N–H and O–H groups in total. The first-order valence-electron chi connectivity index (χ1n) is 8.67. The van der Waals surface area contributed by atoms with Gasteiger partial charge in [0.15, 0.2) is 0 Å². The number of carbonyl (C=O) groups is 1. The fraction of sp³-hybridized carbons (Fsp3) is 0.400. The molecular weight excluding hydrogens is 350 g/mol. The third-order valence-electron chi connectivity index (χ3n) is 4.50. The van der Waals surface area contributed by atoms with Gasteiger partial charge in [0.2, 0.25) is 0 Å². The summed E-state index contributed by atoms with van der Waals surface area (Å²) in [6.45, 7) is 2.69. The number of phenols is 1. The van der Waals surface area contributed by atoms with Gasteiger partial charge in [-0.25, -0.2) is 0 Å². The van der Waals surface area contributed by atoms with Gasteiger partial charge in [0.25, 0.3) is 5.56 Å². The molecule has 2 rings (SSSR count). The van der Waals surface area contributed by atoms with E-state index in [1.807, 2.05) is 0 Å². The first-order chi connectivity index (χ1) is 12.9. The van der Waals surface area contributed by atoms with E-state index in [0.717, 1.165) is 0 Å². The van der Waals surface area contributed by atoms with E-state index in [1.54, 1.807) is 30.7 Å². The maximum atomic E-state index is 13.1. The van der Waals surface area contributed by atoms with E-state index in [1.165, 1.54) is 25.3 Å². The summed E-state index contributed by atoms with van der Waals surface area (Å²) in [5, 5.41) is 20.0. The van der Waals surface area contributed by atoms with Gasteiger partial charge in [-0.2, -0.15) is 0 Å². The Balaban J connectivity index is 2.56. The van der Waals surface area contributed by atoms with Gasteiger partial charge in [-0.1, -0.05) is 12.1 Å². The van der Waals surface area contributed by atoms with Gasteiger partial charge in [0.1, 0.15) is 11.5 Å². The largest absolute Gasteiger partial charge is 0.508 e. The van der Waals surface area contributed by atoms with Crippen molar-refractivity contribution >= 4 is 5.97 Å². The number of ether oxygens (including phenoxy) is 2. The van der Waals surface area contributed by atoms with Crippen LogP contribution in [0.4, 0.5) is 0 Å². The number of carbonyl (C=O) groups excluding carboxylic acids is 1. The zero-order chi connectivity index (χ0) is 20.0. The van der Waals surface area contributed by atoms with Crippen molar-refractivity contribution in [2.45, 2.75) is 32.2 Å². The number of hydrogen-bond donors (Lipinski definition) is 2. The molecule has 0 amide bonds. The standard InChI is InChI=1S/C20H25NO6/c1-13-11-17(23)19(20(25)21(13)9-4-10-26-2)16(12-18(24)27-3)14-5-7-15(22)8-6-14/h5-8,11,16,22-23H,4,9-10,12H2,1-3H3. The lowest BCUT2D eigenvalue weighted by atomic mass is 9.88. The number of pyridine rings is 1. The van der Waals surface area contributed by atoms with E-state index in [-0.39, 0.29) is 29.0 Å². The number of aromatic hydroxyl groups is 2. The molecule has 0 spiro atoms. The lowest BCUT2D eigenvalue weighted by molar-refractivity contribution is -0.140. The Morgan fingerprint density at radius 3 is 2.44 bits per heavy atom. The van der Waals surface area contributed by atoms with Crippen molar-refractivity contribution in [3.63, 3.8) is 0 Å². The summed E-state index contributed by atoms with van der Waals surface area (Å²) in [4.78, 5) is 25.1. The minimum Gasteiger partial charge on any atom is -0.508 e. The molecule has 0 fully saturated rings. The Labute approximate surface area is 157 Å². The Hall–Kier alpha value is -2.80. The zero-order valence-corrected chi connectivity index (χ0v) is 15.8. The van der Waals surface area contributed by atoms with Crippen molar-refractivity contribution in [3.05, 3.63) is 57.5 Å². The lowest BCUT2D eigenvalue weighted by Crippen LogP contribution is -2.29. The van der Waals surface area contributed by atoms with Crippen LogP contribution < -0.4 is 5.56 Å². The maximum Gasteiger partial charge on any atom is 0.306 e. The second kappa shape index (κ2) is 9.23. The lowest BCUT2D eigenvalue weighted by Gasteiger charge is -2.20. The van der Waals surface area contributed by atoms with E-state index >= 15 is 0 Å². The average Bonchev–Trinajstić information content (AvgIpc) is 2.64. The third kappa shape index (κ3) is 4.89. The highest BCUT2D eigenvalue weighted by atomic mass is 16.5. The van der Waals surface area contributed by atoms with Gasteiger partial charge >= 0.3 is 5.97 Å². The quantitative estimate of drug-likeness (QED) is 0.543. The predicted molar refractivity (Wildman–Crippen MR) is 100 cm³/mol. The summed E-state index contributed by atoms with van der Waals surface area (Å²) in [6, 6.07) is 7.71. The SMILES string of the molecule is COCCCn1c(C)cc(O)c(C(CC(=O)OC)c2ccc(O)cc2)c1=O. The number of aromatic nitrogens is 1. The Bertz CT molecular complexity index is 841. The Kier molecular flexibility index (Phi) is 7.01. The number of benzene rings is 1. The molecule has 0 bridgehead atoms. The van der Waals surface area contributed by atoms with Gasteiger partial charge in [0.05, 0.1) is 19.1 Å². The molecule has 0 aliphatic rings. The van der Waals surface area contributed by atoms with E-state index in [2.05, 4.69) is 0 Å². The molecule has 1 unspecified atom stereocenters. The van der Waals surface area contributed by atoms with Gasteiger partial charge in [0, 0.05) is 31.9 Å². The van der Waals surface area contributed by atoms with Crippen molar-refractivity contribution in [1.29, 1.82) is 0 Å². The highest BCUT2D eigenvalue weighted by Crippen LogP contribution is 2.33. The van der Waals surface area contributed by atoms with Crippen molar-refractivity contribution in [2.75, 3.05) is 20.8 Å². The molecule has 0 aliphatic carbocycles. The topological polar surface area (TPSA) is 98.0 Å². The van der Waals surface area contributed by atoms with Crippen LogP contribution in [0, 0.1) is 6.92 Å². The first-order valence-corrected chi connectivity index (χ1v) is 8.67. The fourth-order valence-corrected chi connectivity index (χ4v) is 3.08. The van der Waals surface area contributed by atoms with Crippen LogP contribution in [0.5, 0.6) is 11.5 Å². The molecular formula is C20H25NO6. The predicted octanol–water partition coefficient (Wildman–Crippen LogP) is 2.30. The van der Waals surface area contributed by atoms with Crippen LogP contribution in [-0.4, -0.2) is 41.6 Å². The third-order valence-corrected chi connectivity index (χ3v) is 4.50.